The van der Waals surface area contributed by atoms with E-state index < -0.39 is 11.9 Å². The van der Waals surface area contributed by atoms with E-state index in [1.54, 1.807) is 11.6 Å². The van der Waals surface area contributed by atoms with Gasteiger partial charge in [0.1, 0.15) is 6.54 Å². The first-order chi connectivity index (χ1) is 19.8. The van der Waals surface area contributed by atoms with Gasteiger partial charge in [-0.2, -0.15) is 0 Å². The largest absolute Gasteiger partial charge is 0.478 e. The quantitative estimate of drug-likeness (QED) is 0.310. The number of carbonyl (C=O) groups excluding carboxylic acids is 1. The van der Waals surface area contributed by atoms with Crippen molar-refractivity contribution in [3.05, 3.63) is 94.4 Å². The lowest BCUT2D eigenvalue weighted by molar-refractivity contribution is -0.134. The standard InChI is InChI=1S/C27H28N4O2.C4H4O4/c1-28-25(32)17-30-22-10-2-3-11-23(22)31(27(30)33)20-12-14-29(15-13-20)24-16-19-8-4-6-18-7-5-9-21(24)26(18)19;5-3(6)1-2-4(7)8/h2-11,20,24H,12-17H2,1H3,(H,28,32);1-2H,(H,5,6)(H,7,8)/b;2-1+/t24-;/m1./s1. The Morgan fingerprint density at radius 2 is 1.54 bits per heavy atom. The fourth-order valence-corrected chi connectivity index (χ4v) is 6.10. The van der Waals surface area contributed by atoms with Crippen molar-refractivity contribution >= 4 is 39.7 Å². The summed E-state index contributed by atoms with van der Waals surface area (Å²) in [5, 5.41) is 21.0. The number of piperidine rings is 1. The number of nitrogens with one attached hydrogen (secondary N) is 1. The number of carboxylic acids is 2. The number of likely N-dealkylation sites (N-methyl/N-ethyl adjacent to an activating group) is 1. The Morgan fingerprint density at radius 3 is 2.17 bits per heavy atom. The van der Waals surface area contributed by atoms with Crippen LogP contribution in [0.2, 0.25) is 0 Å². The minimum Gasteiger partial charge on any atom is -0.478 e. The van der Waals surface area contributed by atoms with E-state index in [0.717, 1.165) is 43.4 Å². The molecule has 10 nitrogen and oxygen atoms in total. The summed E-state index contributed by atoms with van der Waals surface area (Å²) in [6.07, 6.45) is 4.03. The molecule has 2 heterocycles. The van der Waals surface area contributed by atoms with E-state index in [-0.39, 0.29) is 24.2 Å². The highest BCUT2D eigenvalue weighted by Crippen LogP contribution is 2.41. The Labute approximate surface area is 236 Å². The molecule has 2 aliphatic rings. The number of likely N-dealkylation sites (tertiary alicyclic amines) is 1. The van der Waals surface area contributed by atoms with Gasteiger partial charge in [-0.1, -0.05) is 48.5 Å². The van der Waals surface area contributed by atoms with Crippen LogP contribution in [0.15, 0.2) is 77.6 Å². The lowest BCUT2D eigenvalue weighted by Crippen LogP contribution is -2.40. The zero-order valence-electron chi connectivity index (χ0n) is 22.7. The molecule has 1 aromatic heterocycles. The van der Waals surface area contributed by atoms with Crippen molar-refractivity contribution < 1.29 is 24.6 Å². The number of rotatable bonds is 6. The van der Waals surface area contributed by atoms with Gasteiger partial charge in [0.25, 0.3) is 0 Å². The third-order valence-corrected chi connectivity index (χ3v) is 7.92. The highest BCUT2D eigenvalue weighted by Gasteiger charge is 2.33. The summed E-state index contributed by atoms with van der Waals surface area (Å²) < 4.78 is 3.54. The van der Waals surface area contributed by atoms with Crippen molar-refractivity contribution in [3.63, 3.8) is 0 Å². The molecular weight excluding hydrogens is 524 g/mol. The van der Waals surface area contributed by atoms with Gasteiger partial charge in [-0.3, -0.25) is 18.8 Å². The Hall–Kier alpha value is -4.70. The number of hydrogen-bond donors (Lipinski definition) is 3. The molecule has 1 aliphatic carbocycles. The van der Waals surface area contributed by atoms with Crippen LogP contribution in [0.1, 0.15) is 36.1 Å². The van der Waals surface area contributed by atoms with E-state index in [2.05, 4.69) is 46.6 Å². The molecule has 212 valence electrons. The first-order valence-electron chi connectivity index (χ1n) is 13.6. The van der Waals surface area contributed by atoms with Gasteiger partial charge in [0.2, 0.25) is 5.91 Å². The third-order valence-electron chi connectivity index (χ3n) is 7.92. The maximum Gasteiger partial charge on any atom is 0.329 e. The molecule has 4 aromatic rings. The summed E-state index contributed by atoms with van der Waals surface area (Å²) in [6, 6.07) is 21.7. The van der Waals surface area contributed by atoms with Crippen molar-refractivity contribution in [2.24, 2.45) is 0 Å². The van der Waals surface area contributed by atoms with Gasteiger partial charge in [0.05, 0.1) is 11.0 Å². The number of carboxylic acid groups (broad SMARTS) is 2. The Balaban J connectivity index is 0.000000372. The monoisotopic (exact) mass is 556 g/mol. The minimum atomic E-state index is -1.26. The SMILES string of the molecule is CNC(=O)Cn1c(=O)n(C2CCN([C@@H]3Cc4cccc5cccc3c45)CC2)c2ccccc21.O=C(O)/C=C/C(=O)O. The van der Waals surface area contributed by atoms with E-state index in [0.29, 0.717) is 18.2 Å². The second kappa shape index (κ2) is 11.8. The molecule has 1 aliphatic heterocycles. The lowest BCUT2D eigenvalue weighted by Gasteiger charge is -2.36. The van der Waals surface area contributed by atoms with Crippen LogP contribution in [0, 0.1) is 0 Å². The first-order valence-corrected chi connectivity index (χ1v) is 13.6. The second-order valence-electron chi connectivity index (χ2n) is 10.3. The van der Waals surface area contributed by atoms with Crippen LogP contribution in [0.25, 0.3) is 21.8 Å². The molecule has 1 amide bonds. The smallest absolute Gasteiger partial charge is 0.329 e. The lowest BCUT2D eigenvalue weighted by atomic mass is 9.99. The molecule has 1 fully saturated rings. The third kappa shape index (κ3) is 5.64. The van der Waals surface area contributed by atoms with E-state index >= 15 is 0 Å². The van der Waals surface area contributed by atoms with Crippen molar-refractivity contribution in [3.8, 4) is 0 Å². The summed E-state index contributed by atoms with van der Waals surface area (Å²) in [6.45, 7) is 1.97. The molecule has 0 unspecified atom stereocenters. The summed E-state index contributed by atoms with van der Waals surface area (Å²) in [5.41, 5.74) is 4.55. The summed E-state index contributed by atoms with van der Waals surface area (Å²) in [7, 11) is 1.60. The predicted octanol–water partition coefficient (Wildman–Crippen LogP) is 3.35. The molecule has 0 radical (unpaired) electrons. The molecule has 6 rings (SSSR count). The predicted molar refractivity (Wildman–Crippen MR) is 155 cm³/mol. The van der Waals surface area contributed by atoms with E-state index in [1.807, 2.05) is 28.8 Å². The van der Waals surface area contributed by atoms with Crippen LogP contribution >= 0.6 is 0 Å². The molecule has 1 saturated heterocycles. The fraction of sp³-hybridized carbons (Fsp3) is 0.290. The second-order valence-corrected chi connectivity index (χ2v) is 10.3. The van der Waals surface area contributed by atoms with Crippen molar-refractivity contribution in [1.82, 2.24) is 19.4 Å². The van der Waals surface area contributed by atoms with Crippen LogP contribution in [0.3, 0.4) is 0 Å². The summed E-state index contributed by atoms with van der Waals surface area (Å²) in [5.74, 6) is -2.68. The number of carbonyl (C=O) groups is 3. The molecule has 0 saturated carbocycles. The highest BCUT2D eigenvalue weighted by molar-refractivity contribution is 5.91. The number of hydrogen-bond acceptors (Lipinski definition) is 5. The zero-order chi connectivity index (χ0) is 29.1. The highest BCUT2D eigenvalue weighted by atomic mass is 16.4. The number of imidazole rings is 1. The fourth-order valence-electron chi connectivity index (χ4n) is 6.10. The number of nitrogens with zero attached hydrogens (tertiary/aromatic N) is 3. The van der Waals surface area contributed by atoms with Gasteiger partial charge in [-0.05, 0) is 53.3 Å². The van der Waals surface area contributed by atoms with Crippen LogP contribution in [-0.2, 0) is 27.3 Å². The average molecular weight is 557 g/mol. The molecule has 10 heteroatoms. The van der Waals surface area contributed by atoms with Crippen LogP contribution in [-0.4, -0.2) is 62.2 Å². The minimum absolute atomic E-state index is 0.0476. The topological polar surface area (TPSA) is 134 Å². The van der Waals surface area contributed by atoms with Gasteiger partial charge in [-0.15, -0.1) is 0 Å². The number of fused-ring (bicyclic) bond motifs is 1. The molecule has 41 heavy (non-hydrogen) atoms. The molecule has 0 spiro atoms. The molecular formula is C31H32N4O6. The Morgan fingerprint density at radius 1 is 0.902 bits per heavy atom. The van der Waals surface area contributed by atoms with Crippen LogP contribution < -0.4 is 11.0 Å². The molecule has 3 aromatic carbocycles. The zero-order valence-corrected chi connectivity index (χ0v) is 22.7. The van der Waals surface area contributed by atoms with Gasteiger partial charge in [0, 0.05) is 44.4 Å². The van der Waals surface area contributed by atoms with E-state index in [4.69, 9.17) is 10.2 Å². The number of amides is 1. The van der Waals surface area contributed by atoms with Gasteiger partial charge < -0.3 is 15.5 Å². The maximum absolute atomic E-state index is 13.4. The van der Waals surface area contributed by atoms with E-state index in [1.165, 1.54) is 21.9 Å². The Kier molecular flexibility index (Phi) is 8.02. The maximum atomic E-state index is 13.4. The average Bonchev–Trinajstić information content (AvgIpc) is 3.49. The van der Waals surface area contributed by atoms with Crippen LogP contribution in [0.4, 0.5) is 0 Å². The normalized spacial score (nSPS) is 17.0. The van der Waals surface area contributed by atoms with E-state index in [9.17, 15) is 19.2 Å². The van der Waals surface area contributed by atoms with Crippen LogP contribution in [0.5, 0.6) is 0 Å². The number of para-hydroxylation sites is 2. The number of aromatic nitrogens is 2. The van der Waals surface area contributed by atoms with Crippen molar-refractivity contribution in [1.29, 1.82) is 0 Å². The summed E-state index contributed by atoms with van der Waals surface area (Å²) >= 11 is 0. The molecule has 3 N–H and O–H groups in total. The van der Waals surface area contributed by atoms with Gasteiger partial charge in [-0.25, -0.2) is 14.4 Å². The molecule has 1 atom stereocenters. The van der Waals surface area contributed by atoms with Gasteiger partial charge in [0.15, 0.2) is 0 Å². The van der Waals surface area contributed by atoms with Crippen molar-refractivity contribution in [2.75, 3.05) is 20.1 Å². The summed E-state index contributed by atoms with van der Waals surface area (Å²) in [4.78, 5) is 47.1. The first kappa shape index (κ1) is 27.9. The van der Waals surface area contributed by atoms with Crippen molar-refractivity contribution in [2.45, 2.75) is 37.9 Å². The molecule has 0 bridgehead atoms. The number of aliphatic carboxylic acids is 2. The van der Waals surface area contributed by atoms with Gasteiger partial charge >= 0.3 is 17.6 Å². The Bertz CT molecular complexity index is 1690. The number of benzene rings is 3.